The van der Waals surface area contributed by atoms with Gasteiger partial charge in [0, 0.05) is 10.7 Å². The van der Waals surface area contributed by atoms with E-state index in [0.717, 1.165) is 17.0 Å². The van der Waals surface area contributed by atoms with Gasteiger partial charge in [-0.1, -0.05) is 17.7 Å². The summed E-state index contributed by atoms with van der Waals surface area (Å²) < 4.78 is 5.50. The van der Waals surface area contributed by atoms with Crippen molar-refractivity contribution in [3.8, 4) is 5.75 Å². The van der Waals surface area contributed by atoms with E-state index in [-0.39, 0.29) is 6.03 Å². The molecule has 0 aromatic heterocycles. The fraction of sp³-hybridized carbons (Fsp3) is 0.235. The number of carbonyl (C=O) groups excluding carboxylic acids is 1. The van der Waals surface area contributed by atoms with Gasteiger partial charge < -0.3 is 15.4 Å². The first-order valence-electron chi connectivity index (χ1n) is 7.05. The number of aryl methyl sites for hydroxylation is 2. The minimum atomic E-state index is -0.247. The van der Waals surface area contributed by atoms with E-state index in [2.05, 4.69) is 10.6 Å². The van der Waals surface area contributed by atoms with E-state index in [4.69, 9.17) is 16.3 Å². The van der Waals surface area contributed by atoms with Gasteiger partial charge in [0.05, 0.1) is 6.54 Å². The van der Waals surface area contributed by atoms with E-state index in [1.165, 1.54) is 5.56 Å². The van der Waals surface area contributed by atoms with Crippen LogP contribution in [0.1, 0.15) is 11.1 Å². The van der Waals surface area contributed by atoms with E-state index in [9.17, 15) is 4.79 Å². The second-order valence-electron chi connectivity index (χ2n) is 4.98. The Morgan fingerprint density at radius 3 is 2.50 bits per heavy atom. The molecule has 0 fully saturated rings. The number of carbonyl (C=O) groups is 1. The number of nitrogens with one attached hydrogen (secondary N) is 2. The van der Waals surface area contributed by atoms with Crippen molar-refractivity contribution in [1.82, 2.24) is 5.32 Å². The third kappa shape index (κ3) is 4.97. The minimum Gasteiger partial charge on any atom is -0.492 e. The molecule has 2 rings (SSSR count). The molecular formula is C17H19ClN2O2. The molecule has 0 aliphatic heterocycles. The molecule has 0 heterocycles. The van der Waals surface area contributed by atoms with Gasteiger partial charge in [-0.3, -0.25) is 0 Å². The molecule has 0 unspecified atom stereocenters. The molecule has 22 heavy (non-hydrogen) atoms. The van der Waals surface area contributed by atoms with Crippen LogP contribution < -0.4 is 15.4 Å². The number of hydrogen-bond acceptors (Lipinski definition) is 2. The van der Waals surface area contributed by atoms with Gasteiger partial charge in [-0.05, 0) is 61.4 Å². The molecule has 2 aromatic rings. The lowest BCUT2D eigenvalue weighted by Crippen LogP contribution is -2.32. The van der Waals surface area contributed by atoms with Gasteiger partial charge in [-0.25, -0.2) is 4.79 Å². The highest BCUT2D eigenvalue weighted by molar-refractivity contribution is 6.30. The van der Waals surface area contributed by atoms with Crippen molar-refractivity contribution in [2.75, 3.05) is 18.5 Å². The predicted molar refractivity (Wildman–Crippen MR) is 89.9 cm³/mol. The van der Waals surface area contributed by atoms with Crippen LogP contribution in [0.15, 0.2) is 42.5 Å². The van der Waals surface area contributed by atoms with Crippen molar-refractivity contribution in [3.63, 3.8) is 0 Å². The third-order valence-electron chi connectivity index (χ3n) is 3.23. The molecule has 0 spiro atoms. The Balaban J connectivity index is 1.71. The highest BCUT2D eigenvalue weighted by Crippen LogP contribution is 2.15. The Kier molecular flexibility index (Phi) is 5.67. The van der Waals surface area contributed by atoms with Crippen LogP contribution in [0, 0.1) is 13.8 Å². The van der Waals surface area contributed by atoms with Gasteiger partial charge in [-0.2, -0.15) is 0 Å². The van der Waals surface area contributed by atoms with Crippen molar-refractivity contribution in [1.29, 1.82) is 0 Å². The molecule has 2 N–H and O–H groups in total. The molecule has 0 bridgehead atoms. The quantitative estimate of drug-likeness (QED) is 0.813. The van der Waals surface area contributed by atoms with Crippen molar-refractivity contribution in [3.05, 3.63) is 58.6 Å². The molecule has 116 valence electrons. The second-order valence-corrected chi connectivity index (χ2v) is 5.42. The fourth-order valence-corrected chi connectivity index (χ4v) is 1.98. The van der Waals surface area contributed by atoms with Crippen LogP contribution >= 0.6 is 11.6 Å². The Bertz CT molecular complexity index is 642. The molecule has 0 aliphatic carbocycles. The summed E-state index contributed by atoms with van der Waals surface area (Å²) in [6.45, 7) is 4.85. The fourth-order valence-electron chi connectivity index (χ4n) is 1.86. The normalized spacial score (nSPS) is 10.1. The Morgan fingerprint density at radius 2 is 1.82 bits per heavy atom. The number of benzene rings is 2. The maximum atomic E-state index is 11.8. The molecule has 0 saturated heterocycles. The SMILES string of the molecule is Cc1ccc(NC(=O)NCCOc2ccc(Cl)cc2)cc1C. The van der Waals surface area contributed by atoms with Crippen LogP contribution in [0.25, 0.3) is 0 Å². The van der Waals surface area contributed by atoms with Crippen molar-refractivity contribution in [2.24, 2.45) is 0 Å². The number of amides is 2. The second kappa shape index (κ2) is 7.71. The molecule has 0 radical (unpaired) electrons. The summed E-state index contributed by atoms with van der Waals surface area (Å²) in [5.74, 6) is 0.723. The summed E-state index contributed by atoms with van der Waals surface area (Å²) in [7, 11) is 0. The average molecular weight is 319 g/mol. The van der Waals surface area contributed by atoms with Crippen molar-refractivity contribution in [2.45, 2.75) is 13.8 Å². The van der Waals surface area contributed by atoms with Gasteiger partial charge in [0.15, 0.2) is 0 Å². The lowest BCUT2D eigenvalue weighted by Gasteiger charge is -2.10. The molecule has 2 amide bonds. The van der Waals surface area contributed by atoms with Gasteiger partial charge in [-0.15, -0.1) is 0 Å². The lowest BCUT2D eigenvalue weighted by atomic mass is 10.1. The lowest BCUT2D eigenvalue weighted by molar-refractivity contribution is 0.247. The monoisotopic (exact) mass is 318 g/mol. The Hall–Kier alpha value is -2.20. The number of halogens is 1. The van der Waals surface area contributed by atoms with Crippen LogP contribution in [0.4, 0.5) is 10.5 Å². The number of hydrogen-bond donors (Lipinski definition) is 2. The zero-order valence-corrected chi connectivity index (χ0v) is 13.4. The van der Waals surface area contributed by atoms with E-state index in [0.29, 0.717) is 18.2 Å². The van der Waals surface area contributed by atoms with Crippen LogP contribution in [-0.2, 0) is 0 Å². The Morgan fingerprint density at radius 1 is 1.09 bits per heavy atom. The molecule has 0 saturated carbocycles. The third-order valence-corrected chi connectivity index (χ3v) is 3.49. The highest BCUT2D eigenvalue weighted by atomic mass is 35.5. The molecule has 2 aromatic carbocycles. The van der Waals surface area contributed by atoms with E-state index in [1.807, 2.05) is 32.0 Å². The van der Waals surface area contributed by atoms with Gasteiger partial charge in [0.1, 0.15) is 12.4 Å². The number of ether oxygens (including phenoxy) is 1. The number of rotatable bonds is 5. The topological polar surface area (TPSA) is 50.4 Å². The van der Waals surface area contributed by atoms with Gasteiger partial charge in [0.2, 0.25) is 0 Å². The van der Waals surface area contributed by atoms with Gasteiger partial charge in [0.25, 0.3) is 0 Å². The maximum absolute atomic E-state index is 11.8. The zero-order valence-electron chi connectivity index (χ0n) is 12.7. The van der Waals surface area contributed by atoms with Crippen LogP contribution in [0.3, 0.4) is 0 Å². The number of urea groups is 1. The molecule has 0 aliphatic rings. The van der Waals surface area contributed by atoms with E-state index < -0.39 is 0 Å². The highest BCUT2D eigenvalue weighted by Gasteiger charge is 2.02. The standard InChI is InChI=1S/C17H19ClN2O2/c1-12-3-6-15(11-13(12)2)20-17(21)19-9-10-22-16-7-4-14(18)5-8-16/h3-8,11H,9-10H2,1-2H3,(H2,19,20,21). The van der Waals surface area contributed by atoms with Crippen molar-refractivity contribution < 1.29 is 9.53 Å². The first kappa shape index (κ1) is 16.2. The van der Waals surface area contributed by atoms with E-state index in [1.54, 1.807) is 24.3 Å². The molecule has 0 atom stereocenters. The first-order valence-corrected chi connectivity index (χ1v) is 7.43. The maximum Gasteiger partial charge on any atom is 0.319 e. The summed E-state index contributed by atoms with van der Waals surface area (Å²) >= 11 is 5.79. The molecule has 4 nitrogen and oxygen atoms in total. The summed E-state index contributed by atoms with van der Waals surface area (Å²) in [6.07, 6.45) is 0. The Labute approximate surface area is 135 Å². The summed E-state index contributed by atoms with van der Waals surface area (Å²) in [5.41, 5.74) is 3.12. The van der Waals surface area contributed by atoms with Gasteiger partial charge >= 0.3 is 6.03 Å². The van der Waals surface area contributed by atoms with E-state index >= 15 is 0 Å². The summed E-state index contributed by atoms with van der Waals surface area (Å²) in [4.78, 5) is 11.8. The molecule has 5 heteroatoms. The minimum absolute atomic E-state index is 0.247. The van der Waals surface area contributed by atoms with Crippen LogP contribution in [0.5, 0.6) is 5.75 Å². The first-order chi connectivity index (χ1) is 10.5. The smallest absolute Gasteiger partial charge is 0.319 e. The summed E-state index contributed by atoms with van der Waals surface area (Å²) in [6, 6.07) is 12.7. The zero-order chi connectivity index (χ0) is 15.9. The predicted octanol–water partition coefficient (Wildman–Crippen LogP) is 4.16. The summed E-state index contributed by atoms with van der Waals surface area (Å²) in [5, 5.41) is 6.20. The largest absolute Gasteiger partial charge is 0.492 e. The number of anilines is 1. The van der Waals surface area contributed by atoms with Crippen LogP contribution in [0.2, 0.25) is 5.02 Å². The van der Waals surface area contributed by atoms with Crippen LogP contribution in [-0.4, -0.2) is 19.2 Å². The average Bonchev–Trinajstić information content (AvgIpc) is 2.49. The molecular weight excluding hydrogens is 300 g/mol. The van der Waals surface area contributed by atoms with Crippen molar-refractivity contribution >= 4 is 23.3 Å².